The molecule has 0 atom stereocenters. The molecule has 1 fully saturated rings. The summed E-state index contributed by atoms with van der Waals surface area (Å²) in [6.45, 7) is 0. The zero-order valence-electron chi connectivity index (χ0n) is 19.2. The lowest BCUT2D eigenvalue weighted by Gasteiger charge is -2.09. The number of nitrogens with zero attached hydrogens (tertiary/aromatic N) is 5. The molecular weight excluding hydrogens is 444 g/mol. The monoisotopic (exact) mass is 466 g/mol. The van der Waals surface area contributed by atoms with Crippen molar-refractivity contribution < 1.29 is 9.59 Å². The van der Waals surface area contributed by atoms with Crippen LogP contribution in [0.5, 0.6) is 0 Å². The summed E-state index contributed by atoms with van der Waals surface area (Å²) in [4.78, 5) is 50.6. The van der Waals surface area contributed by atoms with E-state index in [-0.39, 0.29) is 17.7 Å². The molecule has 6 rings (SSSR count). The molecule has 174 valence electrons. The van der Waals surface area contributed by atoms with Crippen LogP contribution in [0.2, 0.25) is 0 Å². The van der Waals surface area contributed by atoms with Crippen molar-refractivity contribution in [3.63, 3.8) is 0 Å². The van der Waals surface area contributed by atoms with Gasteiger partial charge in [0.05, 0.1) is 23.0 Å². The smallest absolute Gasteiger partial charge is 0.255 e. The van der Waals surface area contributed by atoms with E-state index < -0.39 is 0 Å². The fourth-order valence-electron chi connectivity index (χ4n) is 4.07. The molecule has 0 saturated heterocycles. The van der Waals surface area contributed by atoms with Gasteiger partial charge in [0.2, 0.25) is 5.91 Å². The minimum absolute atomic E-state index is 0.0380. The third-order valence-corrected chi connectivity index (χ3v) is 6.10. The van der Waals surface area contributed by atoms with Gasteiger partial charge in [0.1, 0.15) is 11.5 Å². The van der Waals surface area contributed by atoms with E-state index in [0.717, 1.165) is 34.9 Å². The molecule has 0 radical (unpaired) electrons. The van der Waals surface area contributed by atoms with E-state index >= 15 is 0 Å². The number of aromatic amines is 2. The third kappa shape index (κ3) is 3.78. The minimum Gasteiger partial charge on any atom is -0.345 e. The van der Waals surface area contributed by atoms with Crippen LogP contribution in [0.1, 0.15) is 23.2 Å². The summed E-state index contributed by atoms with van der Waals surface area (Å²) in [6.07, 6.45) is 10.4. The Morgan fingerprint density at radius 3 is 2.71 bits per heavy atom. The number of rotatable bonds is 5. The van der Waals surface area contributed by atoms with E-state index in [0.29, 0.717) is 33.9 Å². The molecule has 0 aliphatic heterocycles. The van der Waals surface area contributed by atoms with Crippen LogP contribution in [-0.4, -0.2) is 60.7 Å². The maximum atomic E-state index is 12.6. The van der Waals surface area contributed by atoms with Gasteiger partial charge in [0, 0.05) is 66.9 Å². The Morgan fingerprint density at radius 1 is 1.09 bits per heavy atom. The Labute approximate surface area is 199 Å². The number of hydrogen-bond donors (Lipinski definition) is 3. The first-order valence-electron chi connectivity index (χ1n) is 11.3. The highest BCUT2D eigenvalue weighted by molar-refractivity contribution is 6.05. The number of nitrogens with one attached hydrogen (secondary N) is 3. The van der Waals surface area contributed by atoms with Gasteiger partial charge in [-0.05, 0) is 31.0 Å². The van der Waals surface area contributed by atoms with E-state index in [2.05, 4.69) is 35.2 Å². The van der Waals surface area contributed by atoms with Crippen molar-refractivity contribution in [2.24, 2.45) is 5.92 Å². The normalized spacial score (nSPS) is 13.3. The van der Waals surface area contributed by atoms with Crippen molar-refractivity contribution in [3.8, 4) is 22.5 Å². The molecule has 10 nitrogen and oxygen atoms in total. The Bertz CT molecular complexity index is 1610. The second-order valence-electron chi connectivity index (χ2n) is 8.89. The number of carbonyl (C=O) groups excluding carboxylic acids is 2. The third-order valence-electron chi connectivity index (χ3n) is 6.10. The summed E-state index contributed by atoms with van der Waals surface area (Å²) in [7, 11) is 3.42. The molecule has 0 bridgehead atoms. The number of anilines is 1. The quantitative estimate of drug-likeness (QED) is 0.362. The topological polar surface area (TPSA) is 133 Å². The molecule has 2 amide bonds. The van der Waals surface area contributed by atoms with Crippen LogP contribution in [0, 0.1) is 5.92 Å². The Hall–Kier alpha value is -4.60. The molecule has 3 N–H and O–H groups in total. The molecule has 0 spiro atoms. The maximum absolute atomic E-state index is 12.6. The molecule has 1 saturated carbocycles. The number of H-pyrrole nitrogens is 2. The van der Waals surface area contributed by atoms with Crippen LogP contribution < -0.4 is 5.32 Å². The Morgan fingerprint density at radius 2 is 1.91 bits per heavy atom. The molecular formula is C25H22N8O2. The first-order chi connectivity index (χ1) is 17.0. The van der Waals surface area contributed by atoms with Gasteiger partial charge in [-0.15, -0.1) is 0 Å². The van der Waals surface area contributed by atoms with Crippen molar-refractivity contribution in [1.29, 1.82) is 0 Å². The second kappa shape index (κ2) is 8.01. The molecule has 0 aromatic carbocycles. The number of aromatic nitrogens is 6. The van der Waals surface area contributed by atoms with Gasteiger partial charge in [-0.25, -0.2) is 15.0 Å². The summed E-state index contributed by atoms with van der Waals surface area (Å²) >= 11 is 0. The van der Waals surface area contributed by atoms with E-state index in [1.54, 1.807) is 44.9 Å². The maximum Gasteiger partial charge on any atom is 0.255 e. The lowest BCUT2D eigenvalue weighted by atomic mass is 10.1. The van der Waals surface area contributed by atoms with Crippen molar-refractivity contribution in [1.82, 2.24) is 34.8 Å². The summed E-state index contributed by atoms with van der Waals surface area (Å²) < 4.78 is 0. The molecule has 5 aromatic rings. The van der Waals surface area contributed by atoms with Gasteiger partial charge in [0.25, 0.3) is 5.91 Å². The van der Waals surface area contributed by atoms with Crippen molar-refractivity contribution >= 4 is 39.7 Å². The summed E-state index contributed by atoms with van der Waals surface area (Å²) in [5.74, 6) is 0.610. The predicted octanol–water partition coefficient (Wildman–Crippen LogP) is 3.61. The van der Waals surface area contributed by atoms with Crippen molar-refractivity contribution in [2.45, 2.75) is 12.8 Å². The molecule has 10 heteroatoms. The highest BCUT2D eigenvalue weighted by Crippen LogP contribution is 2.33. The van der Waals surface area contributed by atoms with Crippen LogP contribution >= 0.6 is 0 Å². The molecule has 0 unspecified atom stereocenters. The Balaban J connectivity index is 1.39. The number of amides is 2. The van der Waals surface area contributed by atoms with Gasteiger partial charge in [0.15, 0.2) is 5.65 Å². The predicted molar refractivity (Wildman–Crippen MR) is 132 cm³/mol. The van der Waals surface area contributed by atoms with Crippen LogP contribution in [0.4, 0.5) is 5.69 Å². The molecule has 1 aliphatic rings. The number of carbonyl (C=O) groups is 2. The summed E-state index contributed by atoms with van der Waals surface area (Å²) in [5, 5.41) is 3.80. The highest BCUT2D eigenvalue weighted by atomic mass is 16.2. The van der Waals surface area contributed by atoms with Gasteiger partial charge < -0.3 is 20.2 Å². The van der Waals surface area contributed by atoms with Gasteiger partial charge in [-0.1, -0.05) is 0 Å². The zero-order chi connectivity index (χ0) is 24.1. The minimum atomic E-state index is -0.128. The lowest BCUT2D eigenvalue weighted by molar-refractivity contribution is -0.117. The highest BCUT2D eigenvalue weighted by Gasteiger charge is 2.29. The number of pyridine rings is 3. The van der Waals surface area contributed by atoms with Gasteiger partial charge >= 0.3 is 0 Å². The van der Waals surface area contributed by atoms with Gasteiger partial charge in [-0.2, -0.15) is 0 Å². The number of hydrogen-bond acceptors (Lipinski definition) is 6. The van der Waals surface area contributed by atoms with Gasteiger partial charge in [-0.3, -0.25) is 14.6 Å². The summed E-state index contributed by atoms with van der Waals surface area (Å²) in [6, 6.07) is 5.58. The summed E-state index contributed by atoms with van der Waals surface area (Å²) in [5.41, 5.74) is 5.42. The van der Waals surface area contributed by atoms with E-state index in [1.807, 2.05) is 18.3 Å². The van der Waals surface area contributed by atoms with Crippen molar-refractivity contribution in [3.05, 3.63) is 54.7 Å². The molecule has 35 heavy (non-hydrogen) atoms. The van der Waals surface area contributed by atoms with E-state index in [1.165, 1.54) is 4.90 Å². The number of imidazole rings is 1. The second-order valence-corrected chi connectivity index (χ2v) is 8.89. The molecule has 5 heterocycles. The lowest BCUT2D eigenvalue weighted by Crippen LogP contribution is -2.22. The van der Waals surface area contributed by atoms with E-state index in [4.69, 9.17) is 0 Å². The standard InChI is InChI=1S/C25H22N8O2/c1-33(2)25(35)17-5-6-27-23-20(17)31-22(32-23)19-12-29-21-18(19)8-15(10-28-21)14-7-16(11-26-9-14)30-24(34)13-3-4-13/h5-13H,3-4H2,1-2H3,(H,28,29)(H,30,34)(H,27,31,32). The first kappa shape index (κ1) is 21.0. The fraction of sp³-hybridized carbons (Fsp3) is 0.200. The van der Waals surface area contributed by atoms with Crippen LogP contribution in [0.3, 0.4) is 0 Å². The Kier molecular flexibility index (Phi) is 4.80. The van der Waals surface area contributed by atoms with Crippen LogP contribution in [0.15, 0.2) is 49.2 Å². The largest absolute Gasteiger partial charge is 0.345 e. The molecule has 5 aromatic heterocycles. The van der Waals surface area contributed by atoms with E-state index in [9.17, 15) is 9.59 Å². The first-order valence-corrected chi connectivity index (χ1v) is 11.3. The van der Waals surface area contributed by atoms with Crippen molar-refractivity contribution in [2.75, 3.05) is 19.4 Å². The average molecular weight is 467 g/mol. The average Bonchev–Trinajstić information content (AvgIpc) is 3.49. The zero-order valence-corrected chi connectivity index (χ0v) is 19.2. The van der Waals surface area contributed by atoms with Crippen LogP contribution in [-0.2, 0) is 4.79 Å². The SMILES string of the molecule is CN(C)C(=O)c1ccnc2nc(-c3c[nH]c4ncc(-c5cncc(NC(=O)C6CC6)c5)cc34)[nH]c12. The number of fused-ring (bicyclic) bond motifs is 2. The fourth-order valence-corrected chi connectivity index (χ4v) is 4.07. The molecule has 1 aliphatic carbocycles. The van der Waals surface area contributed by atoms with Crippen LogP contribution in [0.25, 0.3) is 44.7 Å².